The molecular formula is C15H18N2O. The molecule has 1 saturated carbocycles. The molecule has 0 atom stereocenters. The minimum absolute atomic E-state index is 0.0962. The number of hydrogen-bond donors (Lipinski definition) is 1. The second kappa shape index (κ2) is 5.68. The Morgan fingerprint density at radius 3 is 2.50 bits per heavy atom. The molecule has 18 heavy (non-hydrogen) atoms. The van der Waals surface area contributed by atoms with Gasteiger partial charge in [0.15, 0.2) is 0 Å². The van der Waals surface area contributed by atoms with Crippen LogP contribution in [0.5, 0.6) is 0 Å². The van der Waals surface area contributed by atoms with E-state index in [0.29, 0.717) is 19.4 Å². The first-order valence-electron chi connectivity index (χ1n) is 6.48. The Hall–Kier alpha value is -1.82. The van der Waals surface area contributed by atoms with E-state index in [1.54, 1.807) is 0 Å². The van der Waals surface area contributed by atoms with Crippen molar-refractivity contribution in [1.29, 1.82) is 0 Å². The monoisotopic (exact) mass is 242 g/mol. The molecular weight excluding hydrogens is 224 g/mol. The first kappa shape index (κ1) is 12.6. The number of hydrogen-bond acceptors (Lipinski definition) is 1. The van der Waals surface area contributed by atoms with E-state index >= 15 is 0 Å². The fourth-order valence-corrected chi connectivity index (χ4v) is 2.47. The van der Waals surface area contributed by atoms with Crippen LogP contribution in [-0.4, -0.2) is 11.4 Å². The highest BCUT2D eigenvalue weighted by Crippen LogP contribution is 2.32. The number of carbonyl (C=O) groups is 1. The summed E-state index contributed by atoms with van der Waals surface area (Å²) < 4.78 is 0. The van der Waals surface area contributed by atoms with Crippen LogP contribution in [0.1, 0.15) is 37.7 Å². The quantitative estimate of drug-likeness (QED) is 0.812. The minimum Gasteiger partial charge on any atom is -0.345 e. The van der Waals surface area contributed by atoms with Gasteiger partial charge < -0.3 is 5.32 Å². The maximum absolute atomic E-state index is 12.2. The molecule has 1 aromatic rings. The molecule has 1 aliphatic carbocycles. The third kappa shape index (κ3) is 2.70. The summed E-state index contributed by atoms with van der Waals surface area (Å²) in [6.45, 7) is 7.83. The van der Waals surface area contributed by atoms with Gasteiger partial charge in [-0.2, -0.15) is 0 Å². The number of amides is 1. The lowest BCUT2D eigenvalue weighted by Gasteiger charge is -2.24. The van der Waals surface area contributed by atoms with Gasteiger partial charge in [0, 0.05) is 19.4 Å². The van der Waals surface area contributed by atoms with Gasteiger partial charge in [-0.15, -0.1) is 0 Å². The van der Waals surface area contributed by atoms with E-state index < -0.39 is 5.54 Å². The van der Waals surface area contributed by atoms with Crippen LogP contribution >= 0.6 is 0 Å². The highest BCUT2D eigenvalue weighted by molar-refractivity contribution is 5.88. The smallest absolute Gasteiger partial charge is 0.308 e. The Morgan fingerprint density at radius 2 is 1.89 bits per heavy atom. The Morgan fingerprint density at radius 1 is 1.22 bits per heavy atom. The third-order valence-corrected chi connectivity index (χ3v) is 3.61. The molecule has 0 saturated heterocycles. The lowest BCUT2D eigenvalue weighted by molar-refractivity contribution is -0.126. The summed E-state index contributed by atoms with van der Waals surface area (Å²) >= 11 is 0. The first-order valence-corrected chi connectivity index (χ1v) is 6.48. The summed E-state index contributed by atoms with van der Waals surface area (Å²) in [6, 6.07) is 9.81. The molecule has 1 N–H and O–H groups in total. The maximum Gasteiger partial charge on any atom is 0.308 e. The van der Waals surface area contributed by atoms with Crippen molar-refractivity contribution < 1.29 is 4.79 Å². The van der Waals surface area contributed by atoms with Gasteiger partial charge in [-0.3, -0.25) is 9.64 Å². The number of nitrogens with zero attached hydrogens (tertiary/aromatic N) is 1. The highest BCUT2D eigenvalue weighted by atomic mass is 16.2. The van der Waals surface area contributed by atoms with E-state index in [2.05, 4.69) is 10.2 Å². The van der Waals surface area contributed by atoms with Crippen molar-refractivity contribution in [3.63, 3.8) is 0 Å². The molecule has 1 aliphatic rings. The molecule has 1 aromatic carbocycles. The van der Waals surface area contributed by atoms with Crippen LogP contribution in [0.4, 0.5) is 0 Å². The molecule has 2 rings (SSSR count). The fourth-order valence-electron chi connectivity index (χ4n) is 2.47. The van der Waals surface area contributed by atoms with Crippen LogP contribution in [0, 0.1) is 6.57 Å². The Kier molecular flexibility index (Phi) is 3.99. The SMILES string of the molecule is [C-]#[N+]C1(C(=O)NCc2ccccc2)CCCCC1. The lowest BCUT2D eigenvalue weighted by atomic mass is 9.81. The van der Waals surface area contributed by atoms with E-state index in [4.69, 9.17) is 6.57 Å². The summed E-state index contributed by atoms with van der Waals surface area (Å²) in [5, 5.41) is 2.91. The van der Waals surface area contributed by atoms with E-state index in [0.717, 1.165) is 24.8 Å². The average molecular weight is 242 g/mol. The maximum atomic E-state index is 12.2. The highest BCUT2D eigenvalue weighted by Gasteiger charge is 2.45. The summed E-state index contributed by atoms with van der Waals surface area (Å²) in [5.74, 6) is -0.0962. The van der Waals surface area contributed by atoms with Crippen molar-refractivity contribution >= 4 is 5.91 Å². The van der Waals surface area contributed by atoms with Crippen LogP contribution in [0.2, 0.25) is 0 Å². The molecule has 1 fully saturated rings. The van der Waals surface area contributed by atoms with Gasteiger partial charge in [0.1, 0.15) is 0 Å². The van der Waals surface area contributed by atoms with E-state index in [1.165, 1.54) is 0 Å². The molecule has 0 aliphatic heterocycles. The van der Waals surface area contributed by atoms with E-state index in [-0.39, 0.29) is 5.91 Å². The van der Waals surface area contributed by atoms with Crippen LogP contribution in [0.3, 0.4) is 0 Å². The van der Waals surface area contributed by atoms with Crippen LogP contribution in [-0.2, 0) is 11.3 Å². The number of benzene rings is 1. The van der Waals surface area contributed by atoms with Gasteiger partial charge >= 0.3 is 11.4 Å². The molecule has 0 aromatic heterocycles. The van der Waals surface area contributed by atoms with Gasteiger partial charge in [0.2, 0.25) is 0 Å². The van der Waals surface area contributed by atoms with Crippen molar-refractivity contribution in [2.75, 3.05) is 0 Å². The molecule has 0 spiro atoms. The number of nitrogens with one attached hydrogen (secondary N) is 1. The lowest BCUT2D eigenvalue weighted by Crippen LogP contribution is -2.45. The summed E-state index contributed by atoms with van der Waals surface area (Å²) in [7, 11) is 0. The van der Waals surface area contributed by atoms with Crippen LogP contribution < -0.4 is 5.32 Å². The number of carbonyl (C=O) groups excluding carboxylic acids is 1. The van der Waals surface area contributed by atoms with Crippen LogP contribution in [0.25, 0.3) is 4.85 Å². The first-order chi connectivity index (χ1) is 8.77. The van der Waals surface area contributed by atoms with E-state index in [9.17, 15) is 4.79 Å². The standard InChI is InChI=1S/C15H18N2O/c1-16-15(10-6-3-7-11-15)14(18)17-12-13-8-4-2-5-9-13/h2,4-5,8-9H,3,6-7,10-12H2,(H,17,18). The molecule has 0 unspecified atom stereocenters. The fraction of sp³-hybridized carbons (Fsp3) is 0.467. The molecule has 1 amide bonds. The van der Waals surface area contributed by atoms with Gasteiger partial charge in [-0.25, -0.2) is 6.57 Å². The van der Waals surface area contributed by atoms with Crippen molar-refractivity contribution in [3.8, 4) is 0 Å². The van der Waals surface area contributed by atoms with Crippen molar-refractivity contribution in [3.05, 3.63) is 47.3 Å². The zero-order valence-corrected chi connectivity index (χ0v) is 10.5. The number of rotatable bonds is 3. The zero-order valence-electron chi connectivity index (χ0n) is 10.5. The second-order valence-corrected chi connectivity index (χ2v) is 4.87. The van der Waals surface area contributed by atoms with Crippen molar-refractivity contribution in [1.82, 2.24) is 5.32 Å². The predicted octanol–water partition coefficient (Wildman–Crippen LogP) is 2.92. The Balaban J connectivity index is 1.97. The van der Waals surface area contributed by atoms with Gasteiger partial charge in [-0.05, 0) is 18.4 Å². The summed E-state index contributed by atoms with van der Waals surface area (Å²) in [6.07, 6.45) is 4.53. The molecule has 94 valence electrons. The largest absolute Gasteiger partial charge is 0.345 e. The van der Waals surface area contributed by atoms with Gasteiger partial charge in [0.05, 0.1) is 0 Å². The zero-order chi connectivity index (χ0) is 12.8. The Bertz CT molecular complexity index is 441. The molecule has 0 bridgehead atoms. The topological polar surface area (TPSA) is 33.5 Å². The third-order valence-electron chi connectivity index (χ3n) is 3.61. The van der Waals surface area contributed by atoms with Gasteiger partial charge in [-0.1, -0.05) is 36.8 Å². The summed E-state index contributed by atoms with van der Waals surface area (Å²) in [4.78, 5) is 15.8. The normalized spacial score (nSPS) is 17.7. The second-order valence-electron chi connectivity index (χ2n) is 4.87. The summed E-state index contributed by atoms with van der Waals surface area (Å²) in [5.41, 5.74) is 0.273. The van der Waals surface area contributed by atoms with Crippen molar-refractivity contribution in [2.24, 2.45) is 0 Å². The van der Waals surface area contributed by atoms with Crippen LogP contribution in [0.15, 0.2) is 30.3 Å². The molecule has 3 heteroatoms. The van der Waals surface area contributed by atoms with Crippen molar-refractivity contribution in [2.45, 2.75) is 44.2 Å². The Labute approximate surface area is 108 Å². The molecule has 0 heterocycles. The minimum atomic E-state index is -0.799. The van der Waals surface area contributed by atoms with Gasteiger partial charge in [0.25, 0.3) is 0 Å². The predicted molar refractivity (Wildman–Crippen MR) is 70.7 cm³/mol. The molecule has 3 nitrogen and oxygen atoms in total. The van der Waals surface area contributed by atoms with E-state index in [1.807, 2.05) is 30.3 Å². The average Bonchev–Trinajstić information content (AvgIpc) is 2.46. The molecule has 0 radical (unpaired) electrons.